The second kappa shape index (κ2) is 13.8. The van der Waals surface area contributed by atoms with Gasteiger partial charge >= 0.3 is 0 Å². The highest BCUT2D eigenvalue weighted by atomic mass is 32.2. The lowest BCUT2D eigenvalue weighted by Crippen LogP contribution is -2.19. The third-order valence-electron chi connectivity index (χ3n) is 6.20. The number of nitro benzene ring substituents is 1. The van der Waals surface area contributed by atoms with E-state index in [0.717, 1.165) is 27.5 Å². The molecule has 5 rings (SSSR count). The van der Waals surface area contributed by atoms with Crippen LogP contribution in [-0.2, 0) is 4.79 Å². The Morgan fingerprint density at radius 1 is 0.953 bits per heavy atom. The number of hydrogen-bond donors (Lipinski definition) is 2. The van der Waals surface area contributed by atoms with E-state index in [1.165, 1.54) is 47.4 Å². The zero-order valence-electron chi connectivity index (χ0n) is 22.9. The molecule has 0 aliphatic carbocycles. The molecule has 9 nitrogen and oxygen atoms in total. The Bertz CT molecular complexity index is 1740. The van der Waals surface area contributed by atoms with Crippen molar-refractivity contribution >= 4 is 51.4 Å². The second-order valence-corrected chi connectivity index (χ2v) is 11.2. The minimum absolute atomic E-state index is 0.166. The smallest absolute Gasteiger partial charge is 0.270 e. The quantitative estimate of drug-likeness (QED) is 0.0887. The van der Waals surface area contributed by atoms with Crippen molar-refractivity contribution in [2.45, 2.75) is 17.1 Å². The number of nitrogens with zero attached hydrogens (tertiary/aromatic N) is 2. The van der Waals surface area contributed by atoms with Gasteiger partial charge in [-0.25, -0.2) is 4.98 Å². The van der Waals surface area contributed by atoms with Crippen molar-refractivity contribution < 1.29 is 19.2 Å². The van der Waals surface area contributed by atoms with Crippen LogP contribution in [0.25, 0.3) is 11.3 Å². The molecule has 0 spiro atoms. The van der Waals surface area contributed by atoms with Gasteiger partial charge in [0, 0.05) is 39.2 Å². The number of nitrogens with one attached hydrogen (secondary N) is 2. The number of non-ortho nitro benzene ring substituents is 1. The van der Waals surface area contributed by atoms with Gasteiger partial charge in [-0.15, -0.1) is 23.1 Å². The molecule has 0 saturated heterocycles. The summed E-state index contributed by atoms with van der Waals surface area (Å²) in [6, 6.07) is 29.7. The summed E-state index contributed by atoms with van der Waals surface area (Å²) in [6.07, 6.45) is 0. The first-order chi connectivity index (χ1) is 20.9. The summed E-state index contributed by atoms with van der Waals surface area (Å²) < 4.78 is 5.51. The monoisotopic (exact) mass is 610 g/mol. The fraction of sp³-hybridized carbons (Fsp3) is 0.0938. The van der Waals surface area contributed by atoms with E-state index in [0.29, 0.717) is 17.4 Å². The zero-order valence-corrected chi connectivity index (χ0v) is 24.6. The molecule has 0 aliphatic heterocycles. The molecule has 216 valence electrons. The van der Waals surface area contributed by atoms with Crippen molar-refractivity contribution in [3.63, 3.8) is 0 Å². The van der Waals surface area contributed by atoms with Crippen LogP contribution in [0.15, 0.2) is 113 Å². The maximum Gasteiger partial charge on any atom is 0.270 e. The van der Waals surface area contributed by atoms with E-state index in [1.807, 2.05) is 73.0 Å². The molecular weight excluding hydrogens is 585 g/mol. The van der Waals surface area contributed by atoms with Gasteiger partial charge in [0.15, 0.2) is 5.13 Å². The number of carbonyl (C=O) groups is 2. The van der Waals surface area contributed by atoms with Gasteiger partial charge in [0.05, 0.1) is 17.2 Å². The Labute approximate surface area is 256 Å². The number of anilines is 2. The molecule has 1 atom stereocenters. The Morgan fingerprint density at radius 3 is 2.47 bits per heavy atom. The molecule has 4 aromatic carbocycles. The van der Waals surface area contributed by atoms with Crippen LogP contribution < -0.4 is 15.4 Å². The zero-order chi connectivity index (χ0) is 30.2. The number of aromatic nitrogens is 1. The van der Waals surface area contributed by atoms with Crippen molar-refractivity contribution in [3.8, 4) is 17.0 Å². The number of amides is 2. The first kappa shape index (κ1) is 29.5. The predicted molar refractivity (Wildman–Crippen MR) is 170 cm³/mol. The maximum absolute atomic E-state index is 13.6. The van der Waals surface area contributed by atoms with Crippen molar-refractivity contribution in [2.75, 3.05) is 17.2 Å². The lowest BCUT2D eigenvalue weighted by Gasteiger charge is -2.17. The number of nitro groups is 1. The Morgan fingerprint density at radius 2 is 1.72 bits per heavy atom. The highest BCUT2D eigenvalue weighted by molar-refractivity contribution is 8.00. The minimum Gasteiger partial charge on any atom is -0.494 e. The van der Waals surface area contributed by atoms with Gasteiger partial charge in [0.1, 0.15) is 11.0 Å². The van der Waals surface area contributed by atoms with Crippen LogP contribution in [0.4, 0.5) is 16.5 Å². The molecular formula is C32H26N4O5S2. The number of carbonyl (C=O) groups excluding carboxylic acids is 2. The van der Waals surface area contributed by atoms with Crippen molar-refractivity contribution in [2.24, 2.45) is 0 Å². The standard InChI is InChI=1S/C32H26N4O5S2/c1-2-41-26-16-14-21(15-17-26)28-20-42-32(34-28)35-31(38)29(22-8-4-3-5-9-22)43-27-13-7-11-24(19-27)33-30(37)23-10-6-12-25(18-23)36(39)40/h3-20,29H,2H2,1H3,(H,33,37)(H,34,35,38). The van der Waals surface area contributed by atoms with Crippen molar-refractivity contribution in [1.82, 2.24) is 4.98 Å². The number of thiazole rings is 1. The van der Waals surface area contributed by atoms with E-state index in [9.17, 15) is 19.7 Å². The number of hydrogen-bond acceptors (Lipinski definition) is 8. The largest absolute Gasteiger partial charge is 0.494 e. The van der Waals surface area contributed by atoms with E-state index in [4.69, 9.17) is 4.74 Å². The van der Waals surface area contributed by atoms with E-state index in [2.05, 4.69) is 15.6 Å². The van der Waals surface area contributed by atoms with Gasteiger partial charge in [0.25, 0.3) is 11.6 Å². The lowest BCUT2D eigenvalue weighted by molar-refractivity contribution is -0.384. The third kappa shape index (κ3) is 7.64. The Kier molecular flexibility index (Phi) is 9.45. The first-order valence-corrected chi connectivity index (χ1v) is 15.0. The number of rotatable bonds is 11. The first-order valence-electron chi connectivity index (χ1n) is 13.3. The molecule has 0 saturated carbocycles. The summed E-state index contributed by atoms with van der Waals surface area (Å²) in [4.78, 5) is 42.3. The molecule has 11 heteroatoms. The van der Waals surface area contributed by atoms with Gasteiger partial charge in [-0.05, 0) is 61.0 Å². The van der Waals surface area contributed by atoms with Crippen LogP contribution in [-0.4, -0.2) is 28.3 Å². The predicted octanol–water partition coefficient (Wildman–Crippen LogP) is 7.84. The summed E-state index contributed by atoms with van der Waals surface area (Å²) in [5.41, 5.74) is 2.97. The molecule has 0 fully saturated rings. The minimum atomic E-state index is -0.609. The molecule has 0 aliphatic rings. The summed E-state index contributed by atoms with van der Waals surface area (Å²) in [7, 11) is 0. The van der Waals surface area contributed by atoms with E-state index >= 15 is 0 Å². The second-order valence-electron chi connectivity index (χ2n) is 9.18. The van der Waals surface area contributed by atoms with Crippen LogP contribution in [0.2, 0.25) is 0 Å². The normalized spacial score (nSPS) is 11.4. The molecule has 0 radical (unpaired) electrons. The van der Waals surface area contributed by atoms with Crippen LogP contribution >= 0.6 is 23.1 Å². The fourth-order valence-corrected chi connectivity index (χ4v) is 5.98. The number of thioether (sulfide) groups is 1. The van der Waals surface area contributed by atoms with Gasteiger partial charge < -0.3 is 15.4 Å². The molecule has 5 aromatic rings. The Balaban J connectivity index is 1.31. The number of benzene rings is 4. The average molecular weight is 611 g/mol. The van der Waals surface area contributed by atoms with E-state index in [1.54, 1.807) is 18.2 Å². The topological polar surface area (TPSA) is 123 Å². The van der Waals surface area contributed by atoms with Crippen LogP contribution in [0, 0.1) is 10.1 Å². The number of ether oxygens (including phenoxy) is 1. The van der Waals surface area contributed by atoms with Crippen LogP contribution in [0.3, 0.4) is 0 Å². The average Bonchev–Trinajstić information content (AvgIpc) is 3.49. The molecule has 43 heavy (non-hydrogen) atoms. The van der Waals surface area contributed by atoms with Gasteiger partial charge in [-0.3, -0.25) is 19.7 Å². The molecule has 0 bridgehead atoms. The van der Waals surface area contributed by atoms with E-state index < -0.39 is 16.1 Å². The molecule has 2 N–H and O–H groups in total. The van der Waals surface area contributed by atoms with E-state index in [-0.39, 0.29) is 17.2 Å². The van der Waals surface area contributed by atoms with Crippen LogP contribution in [0.1, 0.15) is 28.1 Å². The Hall–Kier alpha value is -5.00. The lowest BCUT2D eigenvalue weighted by atomic mass is 10.1. The summed E-state index contributed by atoms with van der Waals surface area (Å²) in [6.45, 7) is 2.52. The van der Waals surface area contributed by atoms with Crippen molar-refractivity contribution in [3.05, 3.63) is 130 Å². The van der Waals surface area contributed by atoms with Crippen LogP contribution in [0.5, 0.6) is 5.75 Å². The summed E-state index contributed by atoms with van der Waals surface area (Å²) in [5, 5.41) is 18.6. The highest BCUT2D eigenvalue weighted by Crippen LogP contribution is 2.38. The molecule has 1 unspecified atom stereocenters. The summed E-state index contributed by atoms with van der Waals surface area (Å²) >= 11 is 2.68. The SMILES string of the molecule is CCOc1ccc(-c2csc(NC(=O)C(Sc3cccc(NC(=O)c4cccc([N+](=O)[O-])c4)c3)c3ccccc3)n2)cc1. The molecule has 1 heterocycles. The molecule has 2 amide bonds. The maximum atomic E-state index is 13.6. The third-order valence-corrected chi connectivity index (χ3v) is 8.21. The van der Waals surface area contributed by atoms with Gasteiger partial charge in [-0.2, -0.15) is 0 Å². The van der Waals surface area contributed by atoms with Gasteiger partial charge in [0.2, 0.25) is 5.91 Å². The van der Waals surface area contributed by atoms with Gasteiger partial charge in [-0.1, -0.05) is 42.5 Å². The van der Waals surface area contributed by atoms with Crippen molar-refractivity contribution in [1.29, 1.82) is 0 Å². The fourth-order valence-electron chi connectivity index (χ4n) is 4.17. The highest BCUT2D eigenvalue weighted by Gasteiger charge is 2.24. The molecule has 1 aromatic heterocycles. The summed E-state index contributed by atoms with van der Waals surface area (Å²) in [5.74, 6) is 0.0653.